The highest BCUT2D eigenvalue weighted by Gasteiger charge is 2.27. The van der Waals surface area contributed by atoms with Crippen molar-refractivity contribution in [3.63, 3.8) is 0 Å². The largest absolute Gasteiger partial charge is 0.489 e. The Labute approximate surface area is 108 Å². The lowest BCUT2D eigenvalue weighted by molar-refractivity contribution is 0.185. The van der Waals surface area contributed by atoms with Crippen molar-refractivity contribution >= 4 is 6.03 Å². The van der Waals surface area contributed by atoms with Crippen molar-refractivity contribution in [3.8, 4) is 5.75 Å². The predicted octanol–water partition coefficient (Wildman–Crippen LogP) is 2.26. The molecule has 1 aromatic rings. The quantitative estimate of drug-likeness (QED) is 0.891. The van der Waals surface area contributed by atoms with Crippen LogP contribution >= 0.6 is 0 Å². The summed E-state index contributed by atoms with van der Waals surface area (Å²) in [6.07, 6.45) is 0.991. The lowest BCUT2D eigenvalue weighted by Crippen LogP contribution is -2.42. The minimum atomic E-state index is 0.00385. The third-order valence-corrected chi connectivity index (χ3v) is 2.89. The Kier molecular flexibility index (Phi) is 4.07. The summed E-state index contributed by atoms with van der Waals surface area (Å²) in [5, 5.41) is 2.90. The number of para-hydroxylation sites is 1. The van der Waals surface area contributed by atoms with Gasteiger partial charge in [0.25, 0.3) is 0 Å². The summed E-state index contributed by atoms with van der Waals surface area (Å²) in [6.45, 7) is 5.35. The molecule has 1 N–H and O–H groups in total. The van der Waals surface area contributed by atoms with Gasteiger partial charge in [0.1, 0.15) is 11.9 Å². The third kappa shape index (κ3) is 3.39. The maximum atomic E-state index is 11.8. The first-order valence-electron chi connectivity index (χ1n) is 6.42. The Morgan fingerprint density at radius 1 is 1.39 bits per heavy atom. The van der Waals surface area contributed by atoms with E-state index in [1.54, 1.807) is 0 Å². The molecular weight excluding hydrogens is 228 g/mol. The Morgan fingerprint density at radius 3 is 2.78 bits per heavy atom. The Hall–Kier alpha value is -1.71. The number of carbonyl (C=O) groups excluding carboxylic acids is 1. The Morgan fingerprint density at radius 2 is 2.11 bits per heavy atom. The molecule has 1 fully saturated rings. The van der Waals surface area contributed by atoms with E-state index in [1.165, 1.54) is 0 Å². The smallest absolute Gasteiger partial charge is 0.317 e. The van der Waals surface area contributed by atoms with Crippen LogP contribution in [-0.2, 0) is 0 Å². The van der Waals surface area contributed by atoms with Crippen molar-refractivity contribution < 1.29 is 9.53 Å². The molecule has 4 heteroatoms. The lowest BCUT2D eigenvalue weighted by atomic mass is 10.3. The van der Waals surface area contributed by atoms with Crippen LogP contribution in [-0.4, -0.2) is 36.2 Å². The van der Waals surface area contributed by atoms with Crippen LogP contribution in [0.25, 0.3) is 0 Å². The molecular formula is C14H20N2O2. The number of carbonyl (C=O) groups is 1. The van der Waals surface area contributed by atoms with Gasteiger partial charge in [-0.1, -0.05) is 18.2 Å². The lowest BCUT2D eigenvalue weighted by Gasteiger charge is -2.19. The van der Waals surface area contributed by atoms with Gasteiger partial charge in [0.05, 0.1) is 6.54 Å². The fourth-order valence-corrected chi connectivity index (χ4v) is 2.04. The molecule has 0 radical (unpaired) electrons. The maximum Gasteiger partial charge on any atom is 0.317 e. The van der Waals surface area contributed by atoms with E-state index in [-0.39, 0.29) is 18.2 Å². The van der Waals surface area contributed by atoms with Crippen LogP contribution in [0, 0.1) is 0 Å². The van der Waals surface area contributed by atoms with Gasteiger partial charge in [0.15, 0.2) is 0 Å². The molecule has 0 aromatic heterocycles. The highest BCUT2D eigenvalue weighted by atomic mass is 16.5. The molecule has 0 spiro atoms. The summed E-state index contributed by atoms with van der Waals surface area (Å²) in [5.41, 5.74) is 0. The van der Waals surface area contributed by atoms with Gasteiger partial charge in [-0.25, -0.2) is 4.79 Å². The van der Waals surface area contributed by atoms with Crippen molar-refractivity contribution in [2.45, 2.75) is 32.4 Å². The fraction of sp³-hybridized carbons (Fsp3) is 0.500. The summed E-state index contributed by atoms with van der Waals surface area (Å²) in [6, 6.07) is 9.93. The average molecular weight is 248 g/mol. The molecule has 1 aliphatic rings. The van der Waals surface area contributed by atoms with Crippen molar-refractivity contribution in [2.75, 3.05) is 13.1 Å². The zero-order chi connectivity index (χ0) is 13.0. The second-order valence-electron chi connectivity index (χ2n) is 4.89. The molecule has 0 bridgehead atoms. The number of nitrogens with zero attached hydrogens (tertiary/aromatic N) is 1. The predicted molar refractivity (Wildman–Crippen MR) is 70.7 cm³/mol. The zero-order valence-corrected chi connectivity index (χ0v) is 10.9. The van der Waals surface area contributed by atoms with Gasteiger partial charge in [-0.15, -0.1) is 0 Å². The van der Waals surface area contributed by atoms with Crippen LogP contribution < -0.4 is 10.1 Å². The van der Waals surface area contributed by atoms with Gasteiger partial charge in [-0.3, -0.25) is 0 Å². The van der Waals surface area contributed by atoms with E-state index in [0.29, 0.717) is 6.54 Å². The molecule has 2 amide bonds. The van der Waals surface area contributed by atoms with Gasteiger partial charge in [0, 0.05) is 19.0 Å². The molecule has 1 heterocycles. The van der Waals surface area contributed by atoms with E-state index in [2.05, 4.69) is 5.32 Å². The number of likely N-dealkylation sites (tertiary alicyclic amines) is 1. The molecule has 1 aliphatic heterocycles. The summed E-state index contributed by atoms with van der Waals surface area (Å²) < 4.78 is 5.84. The van der Waals surface area contributed by atoms with E-state index in [9.17, 15) is 4.79 Å². The first kappa shape index (κ1) is 12.7. The van der Waals surface area contributed by atoms with Gasteiger partial charge in [-0.2, -0.15) is 0 Å². The van der Waals surface area contributed by atoms with Crippen LogP contribution in [0.4, 0.5) is 4.79 Å². The van der Waals surface area contributed by atoms with Crippen LogP contribution in [0.5, 0.6) is 5.75 Å². The molecule has 1 atom stereocenters. The number of rotatable bonds is 3. The number of benzene rings is 1. The maximum absolute atomic E-state index is 11.8. The number of urea groups is 1. The summed E-state index contributed by atoms with van der Waals surface area (Å²) in [5.74, 6) is 0.869. The molecule has 18 heavy (non-hydrogen) atoms. The molecule has 98 valence electrons. The molecule has 1 saturated heterocycles. The number of ether oxygens (including phenoxy) is 1. The fourth-order valence-electron chi connectivity index (χ4n) is 2.04. The van der Waals surface area contributed by atoms with Crippen molar-refractivity contribution in [3.05, 3.63) is 30.3 Å². The molecule has 4 nitrogen and oxygen atoms in total. The van der Waals surface area contributed by atoms with Gasteiger partial charge in [-0.05, 0) is 26.0 Å². The van der Waals surface area contributed by atoms with E-state index >= 15 is 0 Å². The normalized spacial score (nSPS) is 19.1. The van der Waals surface area contributed by atoms with Crippen LogP contribution in [0.2, 0.25) is 0 Å². The second kappa shape index (κ2) is 5.76. The van der Waals surface area contributed by atoms with E-state index in [1.807, 2.05) is 49.1 Å². The van der Waals surface area contributed by atoms with Crippen LogP contribution in [0.3, 0.4) is 0 Å². The minimum absolute atomic E-state index is 0.00385. The molecule has 1 aromatic carbocycles. The molecule has 0 aliphatic carbocycles. The van der Waals surface area contributed by atoms with Crippen LogP contribution in [0.1, 0.15) is 20.3 Å². The summed E-state index contributed by atoms with van der Waals surface area (Å²) >= 11 is 0. The minimum Gasteiger partial charge on any atom is -0.489 e. The third-order valence-electron chi connectivity index (χ3n) is 2.89. The Bertz CT molecular complexity index is 392. The monoisotopic (exact) mass is 248 g/mol. The zero-order valence-electron chi connectivity index (χ0n) is 10.9. The summed E-state index contributed by atoms with van der Waals surface area (Å²) in [4.78, 5) is 13.6. The van der Waals surface area contributed by atoms with Crippen LogP contribution in [0.15, 0.2) is 30.3 Å². The van der Waals surface area contributed by atoms with Crippen molar-refractivity contribution in [2.24, 2.45) is 0 Å². The highest BCUT2D eigenvalue weighted by Crippen LogP contribution is 2.17. The van der Waals surface area contributed by atoms with E-state index in [0.717, 1.165) is 18.7 Å². The molecule has 1 unspecified atom stereocenters. The number of nitrogens with one attached hydrogen (secondary N) is 1. The Balaban J connectivity index is 1.83. The summed E-state index contributed by atoms with van der Waals surface area (Å²) in [7, 11) is 0. The highest BCUT2D eigenvalue weighted by molar-refractivity contribution is 5.74. The van der Waals surface area contributed by atoms with E-state index < -0.39 is 0 Å². The first-order valence-corrected chi connectivity index (χ1v) is 6.42. The number of amides is 2. The first-order chi connectivity index (χ1) is 8.65. The molecule has 2 rings (SSSR count). The average Bonchev–Trinajstić information content (AvgIpc) is 2.78. The van der Waals surface area contributed by atoms with Crippen molar-refractivity contribution in [1.82, 2.24) is 10.2 Å². The number of hydrogen-bond acceptors (Lipinski definition) is 2. The topological polar surface area (TPSA) is 41.6 Å². The second-order valence-corrected chi connectivity index (χ2v) is 4.89. The number of hydrogen-bond donors (Lipinski definition) is 1. The van der Waals surface area contributed by atoms with Crippen molar-refractivity contribution in [1.29, 1.82) is 0 Å². The van der Waals surface area contributed by atoms with E-state index in [4.69, 9.17) is 4.74 Å². The standard InChI is InChI=1S/C14H20N2O2/c1-11(2)15-14(17)16-9-8-13(10-16)18-12-6-4-3-5-7-12/h3-7,11,13H,8-10H2,1-2H3,(H,15,17). The SMILES string of the molecule is CC(C)NC(=O)N1CCC(Oc2ccccc2)C1. The molecule has 0 saturated carbocycles. The van der Waals surface area contributed by atoms with Gasteiger partial charge < -0.3 is 15.0 Å². The van der Waals surface area contributed by atoms with Gasteiger partial charge >= 0.3 is 6.03 Å². The van der Waals surface area contributed by atoms with Gasteiger partial charge in [0.2, 0.25) is 0 Å².